The van der Waals surface area contributed by atoms with Crippen molar-refractivity contribution in [2.24, 2.45) is 0 Å². The lowest BCUT2D eigenvalue weighted by Crippen LogP contribution is -2.23. The van der Waals surface area contributed by atoms with Gasteiger partial charge in [-0.05, 0) is 52.3 Å². The third-order valence-corrected chi connectivity index (χ3v) is 7.17. The van der Waals surface area contributed by atoms with Gasteiger partial charge in [-0.2, -0.15) is 0 Å². The lowest BCUT2D eigenvalue weighted by atomic mass is 9.89. The Bertz CT molecular complexity index is 1190. The number of nitrogens with zero attached hydrogens (tertiary/aromatic N) is 1. The highest BCUT2D eigenvalue weighted by Crippen LogP contribution is 2.48. The number of hydrogen-bond donors (Lipinski definition) is 2. The molecule has 6 nitrogen and oxygen atoms in total. The van der Waals surface area contributed by atoms with Crippen molar-refractivity contribution in [1.29, 1.82) is 0 Å². The molecular formula is C24H23FNO5PS. The van der Waals surface area contributed by atoms with Crippen LogP contribution in [0, 0.1) is 18.3 Å². The number of pyridine rings is 1. The highest BCUT2D eigenvalue weighted by molar-refractivity contribution is 7.38. The molecule has 3 rings (SSSR count). The third-order valence-electron chi connectivity index (χ3n) is 5.07. The fraction of sp³-hybridized carbons (Fsp3) is 0.250. The van der Waals surface area contributed by atoms with Crippen LogP contribution in [0.1, 0.15) is 43.1 Å². The molecule has 2 heterocycles. The molecule has 0 aliphatic rings. The summed E-state index contributed by atoms with van der Waals surface area (Å²) < 4.78 is 30.6. The molecule has 0 spiro atoms. The van der Waals surface area contributed by atoms with E-state index in [9.17, 15) is 23.7 Å². The molecule has 0 saturated carbocycles. The fourth-order valence-corrected chi connectivity index (χ4v) is 5.32. The first-order valence-corrected chi connectivity index (χ1v) is 12.4. The number of aliphatic hydroxyl groups excluding tert-OH is 1. The summed E-state index contributed by atoms with van der Waals surface area (Å²) in [5.74, 6) is -1.51. The van der Waals surface area contributed by atoms with Crippen LogP contribution in [0.4, 0.5) is 4.39 Å². The topological polar surface area (TPSA) is 96.7 Å². The van der Waals surface area contributed by atoms with Gasteiger partial charge in [0, 0.05) is 5.69 Å². The van der Waals surface area contributed by atoms with E-state index < -0.39 is 38.0 Å². The minimum Gasteiger partial charge on any atom is -0.391 e. The molecule has 2 aromatic heterocycles. The van der Waals surface area contributed by atoms with Gasteiger partial charge in [0.05, 0.1) is 28.8 Å². The van der Waals surface area contributed by atoms with Gasteiger partial charge in [-0.15, -0.1) is 11.3 Å². The number of benzene rings is 1. The Morgan fingerprint density at radius 1 is 1.30 bits per heavy atom. The molecule has 0 aliphatic heterocycles. The first-order valence-electron chi connectivity index (χ1n) is 10.1. The molecule has 0 bridgehead atoms. The average molecular weight is 487 g/mol. The predicted molar refractivity (Wildman–Crippen MR) is 127 cm³/mol. The van der Waals surface area contributed by atoms with Crippen molar-refractivity contribution in [3.05, 3.63) is 64.9 Å². The van der Waals surface area contributed by atoms with Crippen molar-refractivity contribution in [1.82, 2.24) is 4.98 Å². The summed E-state index contributed by atoms with van der Waals surface area (Å²) in [6, 6.07) is 11.2. The van der Waals surface area contributed by atoms with Gasteiger partial charge >= 0.3 is 5.97 Å². The maximum absolute atomic E-state index is 13.6. The number of terminal acetylenes is 1. The van der Waals surface area contributed by atoms with Crippen molar-refractivity contribution >= 4 is 25.3 Å². The fourth-order valence-electron chi connectivity index (χ4n) is 3.64. The molecule has 172 valence electrons. The van der Waals surface area contributed by atoms with Crippen molar-refractivity contribution < 1.29 is 28.5 Å². The summed E-state index contributed by atoms with van der Waals surface area (Å²) in [6.45, 7) is 3.76. The zero-order valence-corrected chi connectivity index (χ0v) is 19.8. The second-order valence-corrected chi connectivity index (χ2v) is 9.92. The Labute approximate surface area is 196 Å². The van der Waals surface area contributed by atoms with Crippen LogP contribution in [-0.4, -0.2) is 27.1 Å². The monoisotopic (exact) mass is 487 g/mol. The minimum absolute atomic E-state index is 0.187. The van der Waals surface area contributed by atoms with Crippen LogP contribution in [-0.2, 0) is 14.1 Å². The van der Waals surface area contributed by atoms with E-state index >= 15 is 0 Å². The number of aromatic nitrogens is 1. The average Bonchev–Trinajstić information content (AvgIpc) is 3.29. The van der Waals surface area contributed by atoms with E-state index in [-0.39, 0.29) is 5.92 Å². The van der Waals surface area contributed by atoms with Crippen LogP contribution < -0.4 is 0 Å². The van der Waals surface area contributed by atoms with Crippen molar-refractivity contribution in [2.75, 3.05) is 0 Å². The predicted octanol–water partition coefficient (Wildman–Crippen LogP) is 5.13. The van der Waals surface area contributed by atoms with Crippen molar-refractivity contribution in [3.8, 4) is 34.2 Å². The Morgan fingerprint density at radius 3 is 2.55 bits per heavy atom. The van der Waals surface area contributed by atoms with Gasteiger partial charge in [-0.25, -0.2) is 4.39 Å². The van der Waals surface area contributed by atoms with Crippen LogP contribution in [0.5, 0.6) is 0 Å². The molecule has 0 fully saturated rings. The molecule has 0 amide bonds. The Kier molecular flexibility index (Phi) is 8.17. The van der Waals surface area contributed by atoms with Crippen LogP contribution in [0.2, 0.25) is 0 Å². The van der Waals surface area contributed by atoms with E-state index in [2.05, 4.69) is 4.74 Å². The quantitative estimate of drug-likeness (QED) is 0.260. The zero-order valence-electron chi connectivity index (χ0n) is 18.0. The smallest absolute Gasteiger partial charge is 0.322 e. The SMILES string of the molecule is C#COC(=O)CC(O)C(c1c(-c2ccc(F)cc2)cc(-c2cccs2)nc1C(C)C)[PH](=O)O. The first kappa shape index (κ1) is 24.8. The van der Waals surface area contributed by atoms with E-state index in [0.29, 0.717) is 28.1 Å². The number of carbonyl (C=O) groups is 1. The minimum atomic E-state index is -3.41. The standard InChI is InChI=1S/C24H23FNO5PS/c1-4-31-21(28)13-19(27)24(32(29)30)22-17(15-7-9-16(25)10-8-15)12-18(20-6-5-11-33-20)26-23(22)14(2)3/h1,5-12,14,19,24,27,32H,13H2,2-3H3,(H,29,30). The number of rotatable bonds is 8. The second-order valence-electron chi connectivity index (χ2n) is 7.67. The van der Waals surface area contributed by atoms with E-state index in [0.717, 1.165) is 4.88 Å². The maximum Gasteiger partial charge on any atom is 0.322 e. The van der Waals surface area contributed by atoms with E-state index in [1.807, 2.05) is 31.4 Å². The third kappa shape index (κ3) is 5.76. The highest BCUT2D eigenvalue weighted by atomic mass is 32.1. The number of esters is 1. The largest absolute Gasteiger partial charge is 0.391 e. The van der Waals surface area contributed by atoms with Gasteiger partial charge in [0.25, 0.3) is 0 Å². The molecule has 2 N–H and O–H groups in total. The summed E-state index contributed by atoms with van der Waals surface area (Å²) in [5, 5.41) is 12.7. The number of thiophene rings is 1. The number of carbonyl (C=O) groups excluding carboxylic acids is 1. The van der Waals surface area contributed by atoms with E-state index in [4.69, 9.17) is 11.4 Å². The Balaban J connectivity index is 2.28. The number of aliphatic hydroxyl groups is 1. The van der Waals surface area contributed by atoms with Crippen molar-refractivity contribution in [2.45, 2.75) is 37.9 Å². The molecule has 0 saturated heterocycles. The van der Waals surface area contributed by atoms with Crippen molar-refractivity contribution in [3.63, 3.8) is 0 Å². The molecule has 0 aliphatic carbocycles. The highest BCUT2D eigenvalue weighted by Gasteiger charge is 2.34. The van der Waals surface area contributed by atoms with Gasteiger partial charge < -0.3 is 14.7 Å². The number of ether oxygens (including phenoxy) is 1. The molecule has 3 atom stereocenters. The molecule has 9 heteroatoms. The van der Waals surface area contributed by atoms with Gasteiger partial charge in [-0.3, -0.25) is 14.3 Å². The van der Waals surface area contributed by atoms with E-state index in [1.54, 1.807) is 24.3 Å². The Morgan fingerprint density at radius 2 is 2.00 bits per heavy atom. The van der Waals surface area contributed by atoms with Gasteiger partial charge in [-0.1, -0.05) is 38.5 Å². The second kappa shape index (κ2) is 10.9. The molecule has 0 radical (unpaired) electrons. The van der Waals surface area contributed by atoms with Crippen LogP contribution >= 0.6 is 19.4 Å². The van der Waals surface area contributed by atoms with Crippen LogP contribution in [0.3, 0.4) is 0 Å². The summed E-state index contributed by atoms with van der Waals surface area (Å²) in [5.41, 5.74) is 1.28. The molecule has 3 aromatic rings. The molecule has 1 aromatic carbocycles. The molecular weight excluding hydrogens is 464 g/mol. The lowest BCUT2D eigenvalue weighted by molar-refractivity contribution is -0.139. The lowest BCUT2D eigenvalue weighted by Gasteiger charge is -2.27. The van der Waals surface area contributed by atoms with Crippen LogP contribution in [0.25, 0.3) is 21.7 Å². The van der Waals surface area contributed by atoms with Gasteiger partial charge in [0.1, 0.15) is 11.9 Å². The first-order chi connectivity index (χ1) is 15.7. The number of hydrogen-bond acceptors (Lipinski definition) is 6. The summed E-state index contributed by atoms with van der Waals surface area (Å²) in [6.07, 6.45) is 4.59. The summed E-state index contributed by atoms with van der Waals surface area (Å²) in [4.78, 5) is 27.8. The Hall–Kier alpha value is -2.82. The summed E-state index contributed by atoms with van der Waals surface area (Å²) in [7, 11) is -3.41. The van der Waals surface area contributed by atoms with E-state index in [1.165, 1.54) is 23.5 Å². The maximum atomic E-state index is 13.6. The van der Waals surface area contributed by atoms with Gasteiger partial charge in [0.15, 0.2) is 8.03 Å². The van der Waals surface area contributed by atoms with Crippen LogP contribution in [0.15, 0.2) is 47.8 Å². The van der Waals surface area contributed by atoms with Gasteiger partial charge in [0.2, 0.25) is 0 Å². The normalized spacial score (nSPS) is 13.8. The molecule has 3 unspecified atom stereocenters. The summed E-state index contributed by atoms with van der Waals surface area (Å²) >= 11 is 1.49. The zero-order chi connectivity index (χ0) is 24.1. The molecule has 33 heavy (non-hydrogen) atoms. The number of halogens is 1.